The van der Waals surface area contributed by atoms with E-state index in [0.717, 1.165) is 37.9 Å². The van der Waals surface area contributed by atoms with Gasteiger partial charge in [-0.15, -0.1) is 11.3 Å². The number of nitrogens with zero attached hydrogens (tertiary/aromatic N) is 5. The highest BCUT2D eigenvalue weighted by molar-refractivity contribution is 7.21. The lowest BCUT2D eigenvalue weighted by Crippen LogP contribution is -2.28. The molecule has 2 aromatic carbocycles. The first-order valence-corrected chi connectivity index (χ1v) is 12.0. The van der Waals surface area contributed by atoms with E-state index in [1.165, 1.54) is 6.08 Å². The second kappa shape index (κ2) is 9.32. The number of nitrogens with two attached hydrogens (primary N) is 1. The Morgan fingerprint density at radius 3 is 2.74 bits per heavy atom. The molecule has 0 fully saturated rings. The zero-order valence-electron chi connectivity index (χ0n) is 19.7. The van der Waals surface area contributed by atoms with E-state index in [1.807, 2.05) is 79.1 Å². The van der Waals surface area contributed by atoms with E-state index >= 15 is 0 Å². The van der Waals surface area contributed by atoms with Gasteiger partial charge in [-0.05, 0) is 57.4 Å². The van der Waals surface area contributed by atoms with Crippen molar-refractivity contribution in [2.45, 2.75) is 13.0 Å². The van der Waals surface area contributed by atoms with Crippen LogP contribution in [0.25, 0.3) is 26.6 Å². The topological polar surface area (TPSA) is 113 Å². The smallest absolute Gasteiger partial charge is 0.248 e. The van der Waals surface area contributed by atoms with E-state index in [1.54, 1.807) is 11.3 Å². The number of fused-ring (bicyclic) bond motifs is 2. The summed E-state index contributed by atoms with van der Waals surface area (Å²) in [6.45, 7) is 2.70. The second-order valence-electron chi connectivity index (χ2n) is 8.56. The van der Waals surface area contributed by atoms with E-state index < -0.39 is 0 Å². The molecule has 0 aliphatic carbocycles. The fourth-order valence-corrected chi connectivity index (χ4v) is 4.87. The van der Waals surface area contributed by atoms with Crippen LogP contribution in [0.4, 0.5) is 5.69 Å². The van der Waals surface area contributed by atoms with Crippen molar-refractivity contribution in [2.75, 3.05) is 26.0 Å². The maximum absolute atomic E-state index is 12.2. The third-order valence-electron chi connectivity index (χ3n) is 5.57. The Morgan fingerprint density at radius 1 is 1.23 bits per heavy atom. The summed E-state index contributed by atoms with van der Waals surface area (Å²) in [4.78, 5) is 19.1. The monoisotopic (exact) mass is 486 g/mol. The van der Waals surface area contributed by atoms with Gasteiger partial charge >= 0.3 is 0 Å². The number of carbonyl (C=O) groups excluding carboxylic acids is 1. The number of hydrogen-bond donors (Lipinski definition) is 3. The molecule has 35 heavy (non-hydrogen) atoms. The Morgan fingerprint density at radius 2 is 2.00 bits per heavy atom. The van der Waals surface area contributed by atoms with Crippen LogP contribution in [0.1, 0.15) is 24.2 Å². The number of amidine groups is 1. The molecule has 1 atom stereocenters. The lowest BCUT2D eigenvalue weighted by molar-refractivity contribution is -0.111. The van der Waals surface area contributed by atoms with Crippen LogP contribution in [0.2, 0.25) is 0 Å². The number of nitrogens with one attached hydrogen (secondary N) is 2. The molecule has 1 unspecified atom stereocenters. The van der Waals surface area contributed by atoms with Crippen molar-refractivity contribution in [2.24, 2.45) is 10.8 Å². The molecule has 4 aromatic rings. The van der Waals surface area contributed by atoms with Crippen molar-refractivity contribution in [3.63, 3.8) is 0 Å². The fraction of sp³-hybridized carbons (Fsp3) is 0.200. The number of para-hydroxylation sites is 1. The number of amides is 1. The molecular weight excluding hydrogens is 460 g/mol. The minimum absolute atomic E-state index is 0.0980. The number of benzene rings is 2. The summed E-state index contributed by atoms with van der Waals surface area (Å²) in [5.41, 5.74) is 14.2. The Bertz CT molecular complexity index is 1420. The number of carbonyl (C=O) groups is 1. The lowest BCUT2D eigenvalue weighted by atomic mass is 10.1. The Kier molecular flexibility index (Phi) is 6.06. The molecule has 0 radical (unpaired) electrons. The van der Waals surface area contributed by atoms with Gasteiger partial charge in [0.2, 0.25) is 5.91 Å². The molecule has 1 amide bonds. The van der Waals surface area contributed by atoms with Crippen LogP contribution >= 0.6 is 11.3 Å². The number of aromatic nitrogens is 3. The SMILES string of the molecule is CC1NN=C(N)c2c1nn(-c1ccc(NC(=O)/C=C/CN(C)C)cc1)c2-c1nc2ccccc2s1. The van der Waals surface area contributed by atoms with Crippen LogP contribution in [0.5, 0.6) is 0 Å². The van der Waals surface area contributed by atoms with Gasteiger partial charge in [0.15, 0.2) is 5.84 Å². The Balaban J connectivity index is 1.53. The number of thiazole rings is 1. The molecule has 5 rings (SSSR count). The minimum atomic E-state index is -0.173. The van der Waals surface area contributed by atoms with Gasteiger partial charge in [0.1, 0.15) is 10.7 Å². The van der Waals surface area contributed by atoms with Crippen LogP contribution in [0.15, 0.2) is 65.8 Å². The van der Waals surface area contributed by atoms with Gasteiger partial charge < -0.3 is 16.0 Å². The molecule has 2 aromatic heterocycles. The predicted octanol–water partition coefficient (Wildman–Crippen LogP) is 3.49. The summed E-state index contributed by atoms with van der Waals surface area (Å²) < 4.78 is 2.94. The zero-order valence-corrected chi connectivity index (χ0v) is 20.5. The van der Waals surface area contributed by atoms with E-state index in [4.69, 9.17) is 15.8 Å². The molecule has 1 aliphatic rings. The molecule has 178 valence electrons. The van der Waals surface area contributed by atoms with Gasteiger partial charge in [0, 0.05) is 18.3 Å². The zero-order chi connectivity index (χ0) is 24.5. The van der Waals surface area contributed by atoms with Crippen LogP contribution < -0.4 is 16.5 Å². The molecule has 1 aliphatic heterocycles. The van der Waals surface area contributed by atoms with Gasteiger partial charge in [0.05, 0.1) is 33.2 Å². The standard InChI is InChI=1S/C25H26N8OS/c1-15-22-21(24(26)30-29-15)23(25-28-18-7-4-5-8-19(18)35-25)33(31-22)17-12-10-16(11-13-17)27-20(34)9-6-14-32(2)3/h4-13,15,29H,14H2,1-3H3,(H2,26,30)(H,27,34)/b9-6+. The summed E-state index contributed by atoms with van der Waals surface area (Å²) in [6.07, 6.45) is 3.36. The minimum Gasteiger partial charge on any atom is -0.382 e. The van der Waals surface area contributed by atoms with Gasteiger partial charge in [-0.25, -0.2) is 9.67 Å². The third-order valence-corrected chi connectivity index (χ3v) is 6.62. The molecule has 0 saturated heterocycles. The summed E-state index contributed by atoms with van der Waals surface area (Å²) in [5, 5.41) is 12.9. The van der Waals surface area contributed by atoms with Crippen molar-refractivity contribution < 1.29 is 4.79 Å². The van der Waals surface area contributed by atoms with Crippen LogP contribution in [-0.4, -0.2) is 52.0 Å². The number of hydrogen-bond acceptors (Lipinski definition) is 8. The largest absolute Gasteiger partial charge is 0.382 e. The van der Waals surface area contributed by atoms with Gasteiger partial charge in [-0.3, -0.25) is 10.2 Å². The average Bonchev–Trinajstić information content (AvgIpc) is 3.44. The number of anilines is 1. The summed E-state index contributed by atoms with van der Waals surface area (Å²) in [5.74, 6) is 0.209. The highest BCUT2D eigenvalue weighted by atomic mass is 32.1. The van der Waals surface area contributed by atoms with Crippen LogP contribution in [0.3, 0.4) is 0 Å². The van der Waals surface area contributed by atoms with E-state index in [2.05, 4.69) is 21.9 Å². The summed E-state index contributed by atoms with van der Waals surface area (Å²) in [7, 11) is 3.90. The van der Waals surface area contributed by atoms with Gasteiger partial charge in [-0.1, -0.05) is 18.2 Å². The normalized spacial score (nSPS) is 15.3. The second-order valence-corrected chi connectivity index (χ2v) is 9.59. The summed E-state index contributed by atoms with van der Waals surface area (Å²) >= 11 is 1.59. The molecular formula is C25H26N8OS. The van der Waals surface area contributed by atoms with Crippen molar-refractivity contribution >= 4 is 39.0 Å². The van der Waals surface area contributed by atoms with E-state index in [-0.39, 0.29) is 11.9 Å². The number of hydrazone groups is 1. The highest BCUT2D eigenvalue weighted by Gasteiger charge is 2.30. The molecule has 4 N–H and O–H groups in total. The fourth-order valence-electron chi connectivity index (χ4n) is 3.87. The van der Waals surface area contributed by atoms with Crippen LogP contribution in [0, 0.1) is 0 Å². The van der Waals surface area contributed by atoms with E-state index in [9.17, 15) is 4.79 Å². The molecule has 0 spiro atoms. The van der Waals surface area contributed by atoms with Crippen molar-refractivity contribution in [1.29, 1.82) is 0 Å². The first kappa shape index (κ1) is 22.8. The van der Waals surface area contributed by atoms with E-state index in [0.29, 0.717) is 18.1 Å². The molecule has 10 heteroatoms. The Hall–Kier alpha value is -4.02. The van der Waals surface area contributed by atoms with Gasteiger partial charge in [-0.2, -0.15) is 10.2 Å². The lowest BCUT2D eigenvalue weighted by Gasteiger charge is -2.16. The molecule has 3 heterocycles. The van der Waals surface area contributed by atoms with Gasteiger partial charge in [0.25, 0.3) is 0 Å². The number of rotatable bonds is 6. The molecule has 0 saturated carbocycles. The molecule has 0 bridgehead atoms. The van der Waals surface area contributed by atoms with Crippen molar-refractivity contribution in [3.8, 4) is 16.4 Å². The quantitative estimate of drug-likeness (QED) is 0.360. The summed E-state index contributed by atoms with van der Waals surface area (Å²) in [6, 6.07) is 15.5. The predicted molar refractivity (Wildman–Crippen MR) is 141 cm³/mol. The maximum Gasteiger partial charge on any atom is 0.248 e. The maximum atomic E-state index is 12.2. The Labute approximate surface area is 207 Å². The van der Waals surface area contributed by atoms with Crippen LogP contribution in [-0.2, 0) is 4.79 Å². The first-order chi connectivity index (χ1) is 16.9. The van der Waals surface area contributed by atoms with Crippen molar-refractivity contribution in [3.05, 3.63) is 71.9 Å². The number of likely N-dealkylation sites (N-methyl/N-ethyl adjacent to an activating group) is 1. The average molecular weight is 487 g/mol. The highest BCUT2D eigenvalue weighted by Crippen LogP contribution is 2.37. The third kappa shape index (κ3) is 4.53. The first-order valence-electron chi connectivity index (χ1n) is 11.2. The van der Waals surface area contributed by atoms with Crippen molar-refractivity contribution in [1.82, 2.24) is 25.1 Å². The molecule has 9 nitrogen and oxygen atoms in total.